The number of aliphatic carboxylic acids is 2. The zero-order valence-electron chi connectivity index (χ0n) is 7.76. The Balaban J connectivity index is 0.000000288. The largest absolute Gasteiger partial charge is 0.543 e. The number of carboxylic acids is 2. The number of quaternary nitrogens is 1. The van der Waals surface area contributed by atoms with Crippen LogP contribution in [0, 0.1) is 0 Å². The molecule has 0 aromatic carbocycles. The lowest BCUT2D eigenvalue weighted by Crippen LogP contribution is -2.47. The van der Waals surface area contributed by atoms with Crippen molar-refractivity contribution in [2.45, 2.75) is 13.2 Å². The number of aliphatic hydroxyl groups excluding tert-OH is 1. The molecular weight excluding hydrogens is 206 g/mol. The molecule has 0 spiro atoms. The third kappa shape index (κ3) is 5.45. The van der Waals surface area contributed by atoms with Crippen LogP contribution in [0.1, 0.15) is 11.5 Å². The number of carboxylic acid groups (broad SMARTS) is 2. The van der Waals surface area contributed by atoms with Gasteiger partial charge in [0.25, 0.3) is 0 Å². The Bertz CT molecular complexity index is 301. The second kappa shape index (κ2) is 6.57. The first-order valence-electron chi connectivity index (χ1n) is 3.91. The topological polar surface area (TPSA) is 141 Å². The van der Waals surface area contributed by atoms with Crippen molar-refractivity contribution in [3.8, 4) is 0 Å². The highest BCUT2D eigenvalue weighted by molar-refractivity contribution is 6.25. The molecule has 0 radical (unpaired) electrons. The Morgan fingerprint density at radius 2 is 1.73 bits per heavy atom. The minimum absolute atomic E-state index is 0.0278. The van der Waals surface area contributed by atoms with Gasteiger partial charge in [0.2, 0.25) is 0 Å². The lowest BCUT2D eigenvalue weighted by atomic mass is 10.4. The minimum Gasteiger partial charge on any atom is -0.543 e. The van der Waals surface area contributed by atoms with Crippen LogP contribution in [0.3, 0.4) is 0 Å². The van der Waals surface area contributed by atoms with E-state index in [0.29, 0.717) is 12.3 Å². The summed E-state index contributed by atoms with van der Waals surface area (Å²) in [4.78, 5) is 17.9. The van der Waals surface area contributed by atoms with E-state index in [-0.39, 0.29) is 6.61 Å². The maximum atomic E-state index is 8.93. The standard InChI is InChI=1S/C6H9NO2.C2H2O4/c7-3-5-1-2-6(4-8)9-5;3-1(4)2(5)6/h1-2,8H,3-4,7H2;(H,3,4)(H,5,6)/p-1. The van der Waals surface area contributed by atoms with Crippen molar-refractivity contribution in [3.63, 3.8) is 0 Å². The SMILES string of the molecule is O=C([O-])C(=O)[O-].[NH3+]Cc1ccc(CO)o1. The molecule has 0 bridgehead atoms. The Kier molecular flexibility index (Phi) is 5.76. The van der Waals surface area contributed by atoms with Gasteiger partial charge in [-0.25, -0.2) is 0 Å². The Hall–Kier alpha value is -1.86. The second-order valence-corrected chi connectivity index (χ2v) is 2.35. The van der Waals surface area contributed by atoms with E-state index in [1.54, 1.807) is 6.07 Å². The van der Waals surface area contributed by atoms with Crippen molar-refractivity contribution >= 4 is 11.9 Å². The van der Waals surface area contributed by atoms with Crippen LogP contribution in [0.2, 0.25) is 0 Å². The third-order valence-electron chi connectivity index (χ3n) is 1.29. The predicted molar refractivity (Wildman–Crippen MR) is 41.2 cm³/mol. The fourth-order valence-electron chi connectivity index (χ4n) is 0.642. The van der Waals surface area contributed by atoms with Gasteiger partial charge in [0.1, 0.15) is 18.9 Å². The average Bonchev–Trinajstić information content (AvgIpc) is 2.66. The van der Waals surface area contributed by atoms with E-state index in [1.165, 1.54) is 0 Å². The molecule has 7 nitrogen and oxygen atoms in total. The molecule has 0 unspecified atom stereocenters. The average molecular weight is 216 g/mol. The van der Waals surface area contributed by atoms with E-state index in [1.807, 2.05) is 6.07 Å². The summed E-state index contributed by atoms with van der Waals surface area (Å²) in [6, 6.07) is 3.57. The van der Waals surface area contributed by atoms with Gasteiger partial charge in [-0.3, -0.25) is 0 Å². The van der Waals surface area contributed by atoms with Crippen molar-refractivity contribution in [2.24, 2.45) is 0 Å². The molecule has 0 saturated carbocycles. The molecule has 0 aliphatic rings. The van der Waals surface area contributed by atoms with Crippen molar-refractivity contribution in [3.05, 3.63) is 23.7 Å². The second-order valence-electron chi connectivity index (χ2n) is 2.35. The Morgan fingerprint density at radius 1 is 1.27 bits per heavy atom. The molecule has 4 N–H and O–H groups in total. The number of rotatable bonds is 2. The maximum Gasteiger partial charge on any atom is 0.158 e. The molecule has 1 rings (SSSR count). The highest BCUT2D eigenvalue weighted by Gasteiger charge is 1.97. The zero-order chi connectivity index (χ0) is 11.8. The van der Waals surface area contributed by atoms with Crippen molar-refractivity contribution in [1.29, 1.82) is 0 Å². The number of aliphatic hydroxyl groups is 1. The van der Waals surface area contributed by atoms with Gasteiger partial charge in [-0.1, -0.05) is 0 Å². The van der Waals surface area contributed by atoms with Crippen molar-refractivity contribution < 1.29 is 35.1 Å². The molecular formula is C8H10NO6-. The first kappa shape index (κ1) is 13.1. The highest BCUT2D eigenvalue weighted by Crippen LogP contribution is 2.05. The van der Waals surface area contributed by atoms with Crippen LogP contribution in [0.4, 0.5) is 0 Å². The quantitative estimate of drug-likeness (QED) is 0.482. The summed E-state index contributed by atoms with van der Waals surface area (Å²) in [6.45, 7) is 0.611. The molecule has 1 aromatic heterocycles. The lowest BCUT2D eigenvalue weighted by Gasteiger charge is -1.97. The van der Waals surface area contributed by atoms with E-state index in [4.69, 9.17) is 29.3 Å². The van der Waals surface area contributed by atoms with Crippen molar-refractivity contribution in [2.75, 3.05) is 0 Å². The Labute approximate surface area is 84.7 Å². The monoisotopic (exact) mass is 216 g/mol. The summed E-state index contributed by atoms with van der Waals surface area (Å²) >= 11 is 0. The maximum absolute atomic E-state index is 8.93. The third-order valence-corrected chi connectivity index (χ3v) is 1.29. The molecule has 15 heavy (non-hydrogen) atoms. The number of hydrogen-bond donors (Lipinski definition) is 2. The van der Waals surface area contributed by atoms with Crippen LogP contribution in [0.15, 0.2) is 16.5 Å². The van der Waals surface area contributed by atoms with E-state index >= 15 is 0 Å². The smallest absolute Gasteiger partial charge is 0.158 e. The van der Waals surface area contributed by atoms with Gasteiger partial charge >= 0.3 is 0 Å². The minimum atomic E-state index is -2.19. The van der Waals surface area contributed by atoms with Crippen LogP contribution < -0.4 is 15.9 Å². The first-order valence-corrected chi connectivity index (χ1v) is 3.91. The van der Waals surface area contributed by atoms with Gasteiger partial charge < -0.3 is 35.1 Å². The molecule has 0 fully saturated rings. The van der Waals surface area contributed by atoms with Gasteiger partial charge in [0.05, 0.1) is 11.9 Å². The molecule has 7 heteroatoms. The van der Waals surface area contributed by atoms with Gasteiger partial charge in [0.15, 0.2) is 5.76 Å². The zero-order valence-corrected chi connectivity index (χ0v) is 7.76. The molecule has 1 heterocycles. The molecule has 0 amide bonds. The van der Waals surface area contributed by atoms with Crippen LogP contribution >= 0.6 is 0 Å². The highest BCUT2D eigenvalue weighted by atomic mass is 16.4. The molecule has 0 saturated heterocycles. The van der Waals surface area contributed by atoms with Gasteiger partial charge in [0, 0.05) is 0 Å². The van der Waals surface area contributed by atoms with E-state index in [2.05, 4.69) is 5.73 Å². The van der Waals surface area contributed by atoms with Crippen LogP contribution in [-0.4, -0.2) is 17.0 Å². The first-order chi connectivity index (χ1) is 7.01. The summed E-state index contributed by atoms with van der Waals surface area (Å²) in [7, 11) is 0. The van der Waals surface area contributed by atoms with Gasteiger partial charge in [-0.2, -0.15) is 0 Å². The van der Waals surface area contributed by atoms with Gasteiger partial charge in [-0.15, -0.1) is 0 Å². The molecule has 84 valence electrons. The summed E-state index contributed by atoms with van der Waals surface area (Å²) < 4.78 is 5.07. The lowest BCUT2D eigenvalue weighted by molar-refractivity contribution is -0.390. The number of carbonyl (C=O) groups is 2. The van der Waals surface area contributed by atoms with E-state index in [0.717, 1.165) is 5.76 Å². The molecule has 0 atom stereocenters. The van der Waals surface area contributed by atoms with Crippen molar-refractivity contribution in [1.82, 2.24) is 0 Å². The number of carbonyl (C=O) groups excluding carboxylic acids is 2. The van der Waals surface area contributed by atoms with Crippen LogP contribution in [0.25, 0.3) is 0 Å². The van der Waals surface area contributed by atoms with E-state index < -0.39 is 11.9 Å². The Morgan fingerprint density at radius 3 is 1.93 bits per heavy atom. The van der Waals surface area contributed by atoms with E-state index in [9.17, 15) is 0 Å². The normalized spacial score (nSPS) is 8.93. The molecule has 1 aromatic rings. The predicted octanol–water partition coefficient (Wildman–Crippen LogP) is -4.00. The molecule has 0 aliphatic carbocycles. The number of hydrogen-bond acceptors (Lipinski definition) is 6. The van der Waals surface area contributed by atoms with Crippen LogP contribution in [-0.2, 0) is 22.7 Å². The summed E-state index contributed by atoms with van der Waals surface area (Å²) in [5.74, 6) is -2.95. The fraction of sp³-hybridized carbons (Fsp3) is 0.250. The van der Waals surface area contributed by atoms with Gasteiger partial charge in [-0.05, 0) is 12.1 Å². The fourth-order valence-corrected chi connectivity index (χ4v) is 0.642. The molecule has 0 aliphatic heterocycles. The van der Waals surface area contributed by atoms with Crippen LogP contribution in [0.5, 0.6) is 0 Å². The summed E-state index contributed by atoms with van der Waals surface area (Å²) in [5, 5.41) is 26.4. The summed E-state index contributed by atoms with van der Waals surface area (Å²) in [5.41, 5.74) is 3.63. The number of furan rings is 1. The summed E-state index contributed by atoms with van der Waals surface area (Å²) in [6.07, 6.45) is 0.